The highest BCUT2D eigenvalue weighted by Gasteiger charge is 2.34. The topological polar surface area (TPSA) is 67.3 Å². The molecular weight excluding hydrogens is 300 g/mol. The van der Waals surface area contributed by atoms with Gasteiger partial charge in [0, 0.05) is 24.2 Å². The fourth-order valence-corrected chi connectivity index (χ4v) is 4.75. The summed E-state index contributed by atoms with van der Waals surface area (Å²) in [6.45, 7) is 2.35. The van der Waals surface area contributed by atoms with E-state index in [1.165, 1.54) is 0 Å². The van der Waals surface area contributed by atoms with E-state index in [1.807, 2.05) is 37.3 Å². The van der Waals surface area contributed by atoms with Gasteiger partial charge in [0.05, 0.1) is 11.5 Å². The van der Waals surface area contributed by atoms with Crippen molar-refractivity contribution < 1.29 is 13.2 Å². The van der Waals surface area contributed by atoms with E-state index in [1.54, 1.807) is 11.1 Å². The standard InChI is InChI=1S/C16H18N2O3S/c1-2-18(13-8-10-22(20,21)11-13)16(19)15-14-6-4-3-5-12(14)7-9-17-15/h3-7,9,13H,2,8,10-11H2,1H3. The molecule has 1 aliphatic rings. The molecule has 0 radical (unpaired) electrons. The molecule has 0 spiro atoms. The van der Waals surface area contributed by atoms with Gasteiger partial charge >= 0.3 is 0 Å². The van der Waals surface area contributed by atoms with Crippen LogP contribution in [0.2, 0.25) is 0 Å². The summed E-state index contributed by atoms with van der Waals surface area (Å²) in [6.07, 6.45) is 2.13. The summed E-state index contributed by atoms with van der Waals surface area (Å²) in [7, 11) is -3.02. The zero-order chi connectivity index (χ0) is 15.7. The molecule has 1 saturated heterocycles. The Morgan fingerprint density at radius 1 is 1.32 bits per heavy atom. The van der Waals surface area contributed by atoms with Gasteiger partial charge in [0.25, 0.3) is 5.91 Å². The molecule has 6 heteroatoms. The first-order valence-electron chi connectivity index (χ1n) is 7.37. The Kier molecular flexibility index (Phi) is 3.87. The second-order valence-electron chi connectivity index (χ2n) is 5.53. The molecule has 2 aromatic rings. The average Bonchev–Trinajstić information content (AvgIpc) is 2.87. The molecule has 3 rings (SSSR count). The molecule has 0 N–H and O–H groups in total. The molecule has 1 atom stereocenters. The second-order valence-corrected chi connectivity index (χ2v) is 7.76. The van der Waals surface area contributed by atoms with Crippen molar-refractivity contribution in [2.75, 3.05) is 18.1 Å². The van der Waals surface area contributed by atoms with Crippen LogP contribution in [0.5, 0.6) is 0 Å². The zero-order valence-corrected chi connectivity index (χ0v) is 13.2. The predicted molar refractivity (Wildman–Crippen MR) is 85.5 cm³/mol. The number of rotatable bonds is 3. The van der Waals surface area contributed by atoms with Crippen LogP contribution in [0.15, 0.2) is 36.5 Å². The van der Waals surface area contributed by atoms with Crippen LogP contribution in [0, 0.1) is 0 Å². The second kappa shape index (κ2) is 5.68. The average molecular weight is 318 g/mol. The molecule has 22 heavy (non-hydrogen) atoms. The van der Waals surface area contributed by atoms with E-state index < -0.39 is 9.84 Å². The van der Waals surface area contributed by atoms with Crippen molar-refractivity contribution in [2.45, 2.75) is 19.4 Å². The molecule has 0 aliphatic carbocycles. The Morgan fingerprint density at radius 3 is 2.77 bits per heavy atom. The molecule has 0 saturated carbocycles. The van der Waals surface area contributed by atoms with Gasteiger partial charge in [0.1, 0.15) is 5.69 Å². The summed E-state index contributed by atoms with van der Waals surface area (Å²) < 4.78 is 23.4. The molecule has 1 aliphatic heterocycles. The molecule has 1 amide bonds. The lowest BCUT2D eigenvalue weighted by atomic mass is 10.1. The van der Waals surface area contributed by atoms with E-state index in [0.717, 1.165) is 10.8 Å². The molecule has 1 fully saturated rings. The highest BCUT2D eigenvalue weighted by Crippen LogP contribution is 2.22. The third-order valence-electron chi connectivity index (χ3n) is 4.13. The van der Waals surface area contributed by atoms with Gasteiger partial charge in [0.15, 0.2) is 9.84 Å². The van der Waals surface area contributed by atoms with E-state index in [-0.39, 0.29) is 23.5 Å². The molecule has 116 valence electrons. The summed E-state index contributed by atoms with van der Waals surface area (Å²) in [5.41, 5.74) is 0.393. The van der Waals surface area contributed by atoms with Crippen molar-refractivity contribution in [3.05, 3.63) is 42.2 Å². The minimum atomic E-state index is -3.02. The van der Waals surface area contributed by atoms with Gasteiger partial charge < -0.3 is 4.90 Å². The number of hydrogen-bond donors (Lipinski definition) is 0. The number of hydrogen-bond acceptors (Lipinski definition) is 4. The highest BCUT2D eigenvalue weighted by molar-refractivity contribution is 7.91. The number of sulfone groups is 1. The van der Waals surface area contributed by atoms with Crippen molar-refractivity contribution in [2.24, 2.45) is 0 Å². The van der Waals surface area contributed by atoms with E-state index in [0.29, 0.717) is 18.7 Å². The van der Waals surface area contributed by atoms with Crippen molar-refractivity contribution in [3.63, 3.8) is 0 Å². The lowest BCUT2D eigenvalue weighted by Crippen LogP contribution is -2.41. The van der Waals surface area contributed by atoms with Crippen molar-refractivity contribution >= 4 is 26.5 Å². The first-order valence-corrected chi connectivity index (χ1v) is 9.19. The molecule has 1 aromatic carbocycles. The van der Waals surface area contributed by atoms with E-state index >= 15 is 0 Å². The minimum absolute atomic E-state index is 0.0529. The fraction of sp³-hybridized carbons (Fsp3) is 0.375. The smallest absolute Gasteiger partial charge is 0.273 e. The van der Waals surface area contributed by atoms with Crippen molar-refractivity contribution in [1.29, 1.82) is 0 Å². The molecule has 2 heterocycles. The van der Waals surface area contributed by atoms with Crippen LogP contribution in [0.3, 0.4) is 0 Å². The SMILES string of the molecule is CCN(C(=O)c1nccc2ccccc12)C1CCS(=O)(=O)C1. The van der Waals surface area contributed by atoms with Crippen LogP contribution >= 0.6 is 0 Å². The largest absolute Gasteiger partial charge is 0.334 e. The van der Waals surface area contributed by atoms with E-state index in [2.05, 4.69) is 4.98 Å². The molecular formula is C16H18N2O3S. The van der Waals surface area contributed by atoms with Crippen LogP contribution in [-0.4, -0.2) is 48.3 Å². The summed E-state index contributed by atoms with van der Waals surface area (Å²) >= 11 is 0. The van der Waals surface area contributed by atoms with Gasteiger partial charge in [-0.2, -0.15) is 0 Å². The Labute approximate surface area is 129 Å². The lowest BCUT2D eigenvalue weighted by molar-refractivity contribution is 0.0704. The number of amides is 1. The summed E-state index contributed by atoms with van der Waals surface area (Å²) in [6, 6.07) is 9.21. The maximum atomic E-state index is 12.9. The fourth-order valence-electron chi connectivity index (χ4n) is 3.01. The van der Waals surface area contributed by atoms with Crippen LogP contribution < -0.4 is 0 Å². The van der Waals surface area contributed by atoms with Crippen LogP contribution in [-0.2, 0) is 9.84 Å². The van der Waals surface area contributed by atoms with Gasteiger partial charge in [0.2, 0.25) is 0 Å². The van der Waals surface area contributed by atoms with Crippen LogP contribution in [0.1, 0.15) is 23.8 Å². The third kappa shape index (κ3) is 2.70. The Morgan fingerprint density at radius 2 is 2.09 bits per heavy atom. The minimum Gasteiger partial charge on any atom is -0.334 e. The monoisotopic (exact) mass is 318 g/mol. The van der Waals surface area contributed by atoms with E-state index in [4.69, 9.17) is 0 Å². The molecule has 1 unspecified atom stereocenters. The predicted octanol–water partition coefficient (Wildman–Crippen LogP) is 1.88. The quantitative estimate of drug-likeness (QED) is 0.866. The Balaban J connectivity index is 1.97. The lowest BCUT2D eigenvalue weighted by Gasteiger charge is -2.26. The third-order valence-corrected chi connectivity index (χ3v) is 5.88. The maximum absolute atomic E-state index is 12.9. The number of pyridine rings is 1. The molecule has 0 bridgehead atoms. The Bertz CT molecular complexity index is 812. The number of carbonyl (C=O) groups excluding carboxylic acids is 1. The van der Waals surface area contributed by atoms with Gasteiger partial charge in [-0.3, -0.25) is 9.78 Å². The van der Waals surface area contributed by atoms with Crippen LogP contribution in [0.4, 0.5) is 0 Å². The van der Waals surface area contributed by atoms with Gasteiger partial charge in [-0.25, -0.2) is 8.42 Å². The van der Waals surface area contributed by atoms with Crippen LogP contribution in [0.25, 0.3) is 10.8 Å². The van der Waals surface area contributed by atoms with E-state index in [9.17, 15) is 13.2 Å². The highest BCUT2D eigenvalue weighted by atomic mass is 32.2. The zero-order valence-electron chi connectivity index (χ0n) is 12.4. The number of aromatic nitrogens is 1. The molecule has 5 nitrogen and oxygen atoms in total. The van der Waals surface area contributed by atoms with Gasteiger partial charge in [-0.1, -0.05) is 24.3 Å². The first kappa shape index (κ1) is 15.0. The number of nitrogens with zero attached hydrogens (tertiary/aromatic N) is 2. The molecule has 1 aromatic heterocycles. The first-order chi connectivity index (χ1) is 10.5. The summed E-state index contributed by atoms with van der Waals surface area (Å²) in [5.74, 6) is 0.0169. The van der Waals surface area contributed by atoms with Crippen molar-refractivity contribution in [1.82, 2.24) is 9.88 Å². The Hall–Kier alpha value is -1.95. The maximum Gasteiger partial charge on any atom is 0.273 e. The number of benzene rings is 1. The summed E-state index contributed by atoms with van der Waals surface area (Å²) in [5, 5.41) is 1.75. The van der Waals surface area contributed by atoms with Gasteiger partial charge in [-0.05, 0) is 24.8 Å². The number of fused-ring (bicyclic) bond motifs is 1. The van der Waals surface area contributed by atoms with Gasteiger partial charge in [-0.15, -0.1) is 0 Å². The number of carbonyl (C=O) groups is 1. The summed E-state index contributed by atoms with van der Waals surface area (Å²) in [4.78, 5) is 18.7. The normalized spacial score (nSPS) is 20.1. The van der Waals surface area contributed by atoms with Crippen molar-refractivity contribution in [3.8, 4) is 0 Å².